The molecule has 2 heterocycles. The van der Waals surface area contributed by atoms with E-state index in [1.807, 2.05) is 84.9 Å². The van der Waals surface area contributed by atoms with Crippen LogP contribution < -0.4 is 29.6 Å². The highest BCUT2D eigenvalue weighted by atomic mass is 35.5. The van der Waals surface area contributed by atoms with Crippen molar-refractivity contribution in [2.45, 2.75) is 78.3 Å². The summed E-state index contributed by atoms with van der Waals surface area (Å²) in [6.45, 7) is 5.37. The Morgan fingerprint density at radius 1 is 0.487 bits per heavy atom. The zero-order chi connectivity index (χ0) is 53.2. The number of hydrogen-bond acceptors (Lipinski definition) is 12. The van der Waals surface area contributed by atoms with Crippen LogP contribution in [0.4, 0.5) is 0 Å². The zero-order valence-corrected chi connectivity index (χ0v) is 43.5. The third kappa shape index (κ3) is 14.5. The molecule has 0 aliphatic carbocycles. The zero-order valence-electron chi connectivity index (χ0n) is 42.0. The maximum Gasteiger partial charge on any atom is 0.142 e. The van der Waals surface area contributed by atoms with E-state index in [9.17, 15) is 20.1 Å². The van der Waals surface area contributed by atoms with E-state index < -0.39 is 12.1 Å². The van der Waals surface area contributed by atoms with Gasteiger partial charge in [-0.05, 0) is 95.5 Å². The molecule has 2 aromatic heterocycles. The summed E-state index contributed by atoms with van der Waals surface area (Å²) in [5, 5.41) is 26.3. The average molecular weight is 1050 g/mol. The van der Waals surface area contributed by atoms with E-state index in [1.54, 1.807) is 48.8 Å². The van der Waals surface area contributed by atoms with Crippen molar-refractivity contribution in [3.63, 3.8) is 0 Å². The van der Waals surface area contributed by atoms with Crippen molar-refractivity contribution in [2.75, 3.05) is 0 Å². The van der Waals surface area contributed by atoms with Gasteiger partial charge < -0.3 is 39.2 Å². The van der Waals surface area contributed by atoms with Gasteiger partial charge in [0.25, 0.3) is 0 Å². The number of ether oxygens (including phenoxy) is 4. The number of nitrogens with zero attached hydrogens (tertiary/aromatic N) is 4. The third-order valence-electron chi connectivity index (χ3n) is 12.8. The molecule has 12 nitrogen and oxygen atoms in total. The Labute approximate surface area is 452 Å². The summed E-state index contributed by atoms with van der Waals surface area (Å²) in [4.78, 5) is 32.7. The second-order valence-corrected chi connectivity index (χ2v) is 18.9. The van der Waals surface area contributed by atoms with E-state index >= 15 is 0 Å². The molecule has 76 heavy (non-hydrogen) atoms. The number of benzene rings is 6. The fraction of sp³-hybridized carbons (Fsp3) is 0.194. The number of rotatable bonds is 25. The van der Waals surface area contributed by atoms with Gasteiger partial charge in [-0.2, -0.15) is 10.5 Å². The van der Waals surface area contributed by atoms with Crippen molar-refractivity contribution >= 4 is 35.8 Å². The summed E-state index contributed by atoms with van der Waals surface area (Å²) in [5.74, 6) is 1.82. The molecule has 2 unspecified atom stereocenters. The minimum atomic E-state index is -0.452. The molecule has 8 rings (SSSR count). The summed E-state index contributed by atoms with van der Waals surface area (Å²) in [5.41, 5.74) is 11.7. The van der Waals surface area contributed by atoms with Gasteiger partial charge >= 0.3 is 0 Å². The molecule has 0 fully saturated rings. The summed E-state index contributed by atoms with van der Waals surface area (Å²) < 4.78 is 25.6. The lowest BCUT2D eigenvalue weighted by Crippen LogP contribution is -2.32. The first kappa shape index (κ1) is 53.9. The molecule has 2 atom stereocenters. The minimum absolute atomic E-state index is 0.132. The number of pyridine rings is 2. The number of nitriles is 2. The number of carbonyl (C=O) groups is 2. The quantitative estimate of drug-likeness (QED) is 0.0521. The molecule has 0 radical (unpaired) electrons. The molecule has 8 aromatic rings. The maximum atomic E-state index is 12.2. The first-order valence-corrected chi connectivity index (χ1v) is 25.3. The van der Waals surface area contributed by atoms with Crippen LogP contribution in [0, 0.1) is 36.5 Å². The van der Waals surface area contributed by atoms with Gasteiger partial charge in [0.2, 0.25) is 0 Å². The van der Waals surface area contributed by atoms with Crippen LogP contribution in [-0.4, -0.2) is 34.6 Å². The van der Waals surface area contributed by atoms with Gasteiger partial charge in [-0.25, -0.2) is 0 Å². The van der Waals surface area contributed by atoms with Crippen LogP contribution in [-0.2, 0) is 61.9 Å². The topological polar surface area (TPSA) is 168 Å². The van der Waals surface area contributed by atoms with Crippen molar-refractivity contribution in [3.8, 4) is 46.3 Å². The first-order valence-electron chi connectivity index (χ1n) is 24.6. The largest absolute Gasteiger partial charge is 0.488 e. The van der Waals surface area contributed by atoms with Gasteiger partial charge in [-0.1, -0.05) is 120 Å². The van der Waals surface area contributed by atoms with Gasteiger partial charge in [-0.3, -0.25) is 9.97 Å². The Kier molecular flexibility index (Phi) is 19.0. The van der Waals surface area contributed by atoms with Crippen molar-refractivity contribution in [3.05, 3.63) is 235 Å². The number of hydrogen-bond donors (Lipinski definition) is 2. The summed E-state index contributed by atoms with van der Waals surface area (Å²) in [6, 6.07) is 45.7. The SMILES string of the molecule is Cc1c(COc2cc(OCc3cncc(C#N)c3)c(CNC(C=O)Cc3ccccc3)cc2Cl)cccc1-c1cccc(COc2cc(OCc3cncc(C#N)c3)c(CNC(C=O)Cc3ccccc3)cc2Cl)c1C. The molecule has 0 bridgehead atoms. The highest BCUT2D eigenvalue weighted by molar-refractivity contribution is 6.32. The number of aromatic nitrogens is 2. The molecule has 0 amide bonds. The van der Waals surface area contributed by atoms with E-state index in [-0.39, 0.29) is 39.5 Å². The Morgan fingerprint density at radius 3 is 1.29 bits per heavy atom. The van der Waals surface area contributed by atoms with Crippen LogP contribution >= 0.6 is 23.2 Å². The summed E-state index contributed by atoms with van der Waals surface area (Å²) in [7, 11) is 0. The smallest absolute Gasteiger partial charge is 0.142 e. The lowest BCUT2D eigenvalue weighted by atomic mass is 9.92. The van der Waals surface area contributed by atoms with E-state index in [1.165, 1.54) is 12.4 Å². The molecular weight excluding hydrogens is 996 g/mol. The molecule has 0 aliphatic heterocycles. The van der Waals surface area contributed by atoms with Gasteiger partial charge in [0, 0.05) is 72.3 Å². The van der Waals surface area contributed by atoms with Crippen LogP contribution in [0.25, 0.3) is 11.1 Å². The van der Waals surface area contributed by atoms with Crippen LogP contribution in [0.1, 0.15) is 66.8 Å². The fourth-order valence-corrected chi connectivity index (χ4v) is 9.11. The minimum Gasteiger partial charge on any atom is -0.488 e. The highest BCUT2D eigenvalue weighted by Gasteiger charge is 2.19. The molecule has 0 saturated heterocycles. The Morgan fingerprint density at radius 2 is 0.895 bits per heavy atom. The van der Waals surface area contributed by atoms with Crippen molar-refractivity contribution < 1.29 is 28.5 Å². The lowest BCUT2D eigenvalue weighted by Gasteiger charge is -2.20. The van der Waals surface area contributed by atoms with Crippen molar-refractivity contribution in [2.24, 2.45) is 0 Å². The Bertz CT molecular complexity index is 3160. The van der Waals surface area contributed by atoms with Crippen LogP contribution in [0.2, 0.25) is 10.0 Å². The summed E-state index contributed by atoms with van der Waals surface area (Å²) >= 11 is 13.9. The number of aldehydes is 2. The van der Waals surface area contributed by atoms with Crippen molar-refractivity contribution in [1.82, 2.24) is 20.6 Å². The molecule has 0 saturated carbocycles. The van der Waals surface area contributed by atoms with E-state index in [2.05, 4.69) is 58.7 Å². The second-order valence-electron chi connectivity index (χ2n) is 18.1. The fourth-order valence-electron chi connectivity index (χ4n) is 8.62. The molecule has 6 aromatic carbocycles. The van der Waals surface area contributed by atoms with Crippen LogP contribution in [0.15, 0.2) is 158 Å². The highest BCUT2D eigenvalue weighted by Crippen LogP contribution is 2.38. The molecule has 0 aliphatic rings. The molecule has 382 valence electrons. The molecule has 14 heteroatoms. The van der Waals surface area contributed by atoms with E-state index in [4.69, 9.17) is 42.1 Å². The van der Waals surface area contributed by atoms with Gasteiger partial charge in [-0.15, -0.1) is 0 Å². The monoisotopic (exact) mass is 1050 g/mol. The first-order chi connectivity index (χ1) is 37.1. The molecule has 2 N–H and O–H groups in total. The maximum absolute atomic E-state index is 12.2. The van der Waals surface area contributed by atoms with Crippen LogP contribution in [0.5, 0.6) is 23.0 Å². The predicted molar refractivity (Wildman–Crippen MR) is 293 cm³/mol. The summed E-state index contributed by atoms with van der Waals surface area (Å²) in [6.07, 6.45) is 9.11. The number of nitrogens with one attached hydrogen (secondary N) is 2. The van der Waals surface area contributed by atoms with Crippen molar-refractivity contribution in [1.29, 1.82) is 10.5 Å². The number of carbonyl (C=O) groups excluding carboxylic acids is 2. The predicted octanol–water partition coefficient (Wildman–Crippen LogP) is 11.9. The van der Waals surface area contributed by atoms with E-state index in [0.29, 0.717) is 68.1 Å². The van der Waals surface area contributed by atoms with Gasteiger partial charge in [0.05, 0.1) is 33.3 Å². The van der Waals surface area contributed by atoms with Gasteiger partial charge in [0.1, 0.15) is 74.1 Å². The van der Waals surface area contributed by atoms with Crippen LogP contribution in [0.3, 0.4) is 0 Å². The Hall–Kier alpha value is -8.36. The standard InChI is InChI=1S/C62H54Cl2N6O6/c1-41-49(39-75-61-25-59(73-37-47-19-45(27-65)29-67-31-47)51(23-57(61)63)33-69-53(35-71)21-43-11-5-3-6-12-43)15-9-17-55(41)56-18-10-16-50(42(56)2)40-76-62-26-60(74-38-48-20-46(28-66)30-68-32-48)52(24-58(62)64)34-70-54(36-72)22-44-13-7-4-8-14-44/h3-20,23-26,29-32,35-36,53-54,69-70H,21-22,33-34,37-40H2,1-2H3. The lowest BCUT2D eigenvalue weighted by molar-refractivity contribution is -0.110. The van der Waals surface area contributed by atoms with E-state index in [0.717, 1.165) is 68.2 Å². The number of halogens is 2. The normalized spacial score (nSPS) is 11.7. The Balaban J connectivity index is 0.983. The third-order valence-corrected chi connectivity index (χ3v) is 13.4. The molecular formula is C62H54Cl2N6O6. The second kappa shape index (κ2) is 26.7. The average Bonchev–Trinajstić information content (AvgIpc) is 3.45. The van der Waals surface area contributed by atoms with Gasteiger partial charge in [0.15, 0.2) is 0 Å². The molecule has 0 spiro atoms.